The maximum Gasteiger partial charge on any atom is 0.234 e. The molecule has 0 bridgehead atoms. The van der Waals surface area contributed by atoms with Gasteiger partial charge >= 0.3 is 0 Å². The van der Waals surface area contributed by atoms with Gasteiger partial charge in [0, 0.05) is 17.6 Å². The van der Waals surface area contributed by atoms with Crippen LogP contribution in [0.4, 0.5) is 0 Å². The Hall–Kier alpha value is -0.910. The molecule has 1 saturated heterocycles. The molecule has 17 heavy (non-hydrogen) atoms. The Balaban J connectivity index is 2.09. The van der Waals surface area contributed by atoms with Gasteiger partial charge in [0.25, 0.3) is 0 Å². The minimum Gasteiger partial charge on any atom is -0.392 e. The number of aliphatic hydroxyl groups is 1. The molecule has 3 N–H and O–H groups in total. The van der Waals surface area contributed by atoms with Crippen LogP contribution >= 0.6 is 15.9 Å². The highest BCUT2D eigenvalue weighted by atomic mass is 79.9. The number of likely N-dealkylation sites (tertiary alicyclic amines) is 1. The molecule has 4 nitrogen and oxygen atoms in total. The van der Waals surface area contributed by atoms with Crippen molar-refractivity contribution in [3.8, 4) is 0 Å². The van der Waals surface area contributed by atoms with Crippen LogP contribution in [0.25, 0.3) is 0 Å². The third-order valence-corrected chi connectivity index (χ3v) is 3.48. The quantitative estimate of drug-likeness (QED) is 0.870. The fourth-order valence-electron chi connectivity index (χ4n) is 2.22. The maximum atomic E-state index is 11.3. The van der Waals surface area contributed by atoms with Crippen LogP contribution < -0.4 is 5.73 Å². The van der Waals surface area contributed by atoms with E-state index in [2.05, 4.69) is 15.9 Å². The number of halogens is 1. The monoisotopic (exact) mass is 298 g/mol. The molecule has 2 atom stereocenters. The maximum absolute atomic E-state index is 11.3. The van der Waals surface area contributed by atoms with Crippen LogP contribution in [0.5, 0.6) is 0 Å². The zero-order chi connectivity index (χ0) is 12.4. The van der Waals surface area contributed by atoms with Gasteiger partial charge in [-0.15, -0.1) is 0 Å². The number of carbonyl (C=O) groups excluding carboxylic acids is 1. The van der Waals surface area contributed by atoms with Crippen LogP contribution in [-0.4, -0.2) is 34.6 Å². The summed E-state index contributed by atoms with van der Waals surface area (Å²) in [6.45, 7) is 1.13. The van der Waals surface area contributed by atoms with Crippen molar-refractivity contribution in [3.63, 3.8) is 0 Å². The minimum absolute atomic E-state index is 0.357. The topological polar surface area (TPSA) is 66.6 Å². The number of nitrogens with two attached hydrogens (primary N) is 1. The van der Waals surface area contributed by atoms with Gasteiger partial charge in [-0.1, -0.05) is 28.1 Å². The Morgan fingerprint density at radius 3 is 3.00 bits per heavy atom. The second-order valence-corrected chi connectivity index (χ2v) is 5.28. The molecular formula is C12H15BrN2O2. The van der Waals surface area contributed by atoms with E-state index in [1.54, 1.807) is 0 Å². The van der Waals surface area contributed by atoms with E-state index in [9.17, 15) is 9.90 Å². The molecule has 2 rings (SSSR count). The SMILES string of the molecule is NC(=O)[C@H]1C[C@H](O)CN1Cc1cccc(Br)c1. The second kappa shape index (κ2) is 5.16. The molecule has 92 valence electrons. The van der Waals surface area contributed by atoms with Crippen LogP contribution in [0.1, 0.15) is 12.0 Å². The highest BCUT2D eigenvalue weighted by molar-refractivity contribution is 9.10. The lowest BCUT2D eigenvalue weighted by atomic mass is 10.1. The highest BCUT2D eigenvalue weighted by Crippen LogP contribution is 2.21. The number of carbonyl (C=O) groups is 1. The van der Waals surface area contributed by atoms with Gasteiger partial charge in [0.15, 0.2) is 0 Å². The predicted molar refractivity (Wildman–Crippen MR) is 68.2 cm³/mol. The number of nitrogens with zero attached hydrogens (tertiary/aromatic N) is 1. The Labute approximate surface area is 109 Å². The summed E-state index contributed by atoms with van der Waals surface area (Å²) >= 11 is 3.41. The molecule has 1 heterocycles. The number of primary amides is 1. The number of β-amino-alcohol motifs (C(OH)–C–C–N with tert-alkyl or cyclic N) is 1. The standard InChI is InChI=1S/C12H15BrN2O2/c13-9-3-1-2-8(4-9)6-15-7-10(16)5-11(15)12(14)17/h1-4,10-11,16H,5-7H2,(H2,14,17)/t10-,11+/m0/s1. The smallest absolute Gasteiger partial charge is 0.234 e. The fourth-order valence-corrected chi connectivity index (χ4v) is 2.67. The van der Waals surface area contributed by atoms with E-state index in [1.165, 1.54) is 0 Å². The molecule has 1 fully saturated rings. The van der Waals surface area contributed by atoms with Crippen LogP contribution in [-0.2, 0) is 11.3 Å². The van der Waals surface area contributed by atoms with Crippen molar-refractivity contribution in [1.82, 2.24) is 4.90 Å². The lowest BCUT2D eigenvalue weighted by Crippen LogP contribution is -2.39. The molecule has 5 heteroatoms. The molecule has 0 aromatic heterocycles. The van der Waals surface area contributed by atoms with E-state index in [0.29, 0.717) is 19.5 Å². The average molecular weight is 299 g/mol. The molecule has 0 aliphatic carbocycles. The van der Waals surface area contributed by atoms with Crippen molar-refractivity contribution in [2.45, 2.75) is 25.1 Å². The molecule has 1 aliphatic heterocycles. The number of hydrogen-bond donors (Lipinski definition) is 2. The summed E-state index contributed by atoms with van der Waals surface area (Å²) in [5.74, 6) is -0.364. The van der Waals surface area contributed by atoms with Crippen molar-refractivity contribution in [3.05, 3.63) is 34.3 Å². The van der Waals surface area contributed by atoms with Gasteiger partial charge in [0.2, 0.25) is 5.91 Å². The molecule has 0 unspecified atom stereocenters. The van der Waals surface area contributed by atoms with Crippen LogP contribution in [0.2, 0.25) is 0 Å². The number of benzene rings is 1. The normalized spacial score (nSPS) is 25.1. The first-order valence-electron chi connectivity index (χ1n) is 5.52. The molecule has 0 saturated carbocycles. The zero-order valence-corrected chi connectivity index (χ0v) is 10.9. The molecule has 0 spiro atoms. The van der Waals surface area contributed by atoms with E-state index in [-0.39, 0.29) is 11.9 Å². The van der Waals surface area contributed by atoms with Gasteiger partial charge < -0.3 is 10.8 Å². The van der Waals surface area contributed by atoms with Crippen LogP contribution in [0.15, 0.2) is 28.7 Å². The summed E-state index contributed by atoms with van der Waals surface area (Å²) in [6, 6.07) is 7.54. The van der Waals surface area contributed by atoms with Crippen molar-refractivity contribution in [2.75, 3.05) is 6.54 Å². The Kier molecular flexibility index (Phi) is 3.81. The Bertz CT molecular complexity index is 425. The summed E-state index contributed by atoms with van der Waals surface area (Å²) in [4.78, 5) is 13.2. The first-order chi connectivity index (χ1) is 8.06. The van der Waals surface area contributed by atoms with Crippen molar-refractivity contribution < 1.29 is 9.90 Å². The number of rotatable bonds is 3. The Morgan fingerprint density at radius 1 is 1.59 bits per heavy atom. The van der Waals surface area contributed by atoms with Gasteiger partial charge in [-0.25, -0.2) is 0 Å². The second-order valence-electron chi connectivity index (χ2n) is 4.37. The van der Waals surface area contributed by atoms with E-state index in [1.807, 2.05) is 29.2 Å². The summed E-state index contributed by atoms with van der Waals surface area (Å²) in [5, 5.41) is 9.59. The highest BCUT2D eigenvalue weighted by Gasteiger charge is 2.34. The van der Waals surface area contributed by atoms with E-state index < -0.39 is 6.10 Å². The average Bonchev–Trinajstić information content (AvgIpc) is 2.59. The van der Waals surface area contributed by atoms with Crippen molar-refractivity contribution in [1.29, 1.82) is 0 Å². The molecule has 0 radical (unpaired) electrons. The van der Waals surface area contributed by atoms with Gasteiger partial charge in [-0.3, -0.25) is 9.69 Å². The molecular weight excluding hydrogens is 284 g/mol. The van der Waals surface area contributed by atoms with Crippen LogP contribution in [0.3, 0.4) is 0 Å². The number of aliphatic hydroxyl groups excluding tert-OH is 1. The predicted octanol–water partition coefficient (Wildman–Crippen LogP) is 0.870. The first-order valence-corrected chi connectivity index (χ1v) is 6.31. The molecule has 1 aromatic rings. The summed E-state index contributed by atoms with van der Waals surface area (Å²) in [7, 11) is 0. The van der Waals surface area contributed by atoms with Crippen molar-refractivity contribution in [2.24, 2.45) is 5.73 Å². The fraction of sp³-hybridized carbons (Fsp3) is 0.417. The first kappa shape index (κ1) is 12.5. The third kappa shape index (κ3) is 3.06. The van der Waals surface area contributed by atoms with Gasteiger partial charge in [-0.2, -0.15) is 0 Å². The summed E-state index contributed by atoms with van der Waals surface area (Å²) in [5.41, 5.74) is 6.43. The number of hydrogen-bond acceptors (Lipinski definition) is 3. The zero-order valence-electron chi connectivity index (χ0n) is 9.34. The van der Waals surface area contributed by atoms with Crippen LogP contribution in [0, 0.1) is 0 Å². The summed E-state index contributed by atoms with van der Waals surface area (Å²) in [6.07, 6.45) is -0.0248. The molecule has 1 aromatic carbocycles. The summed E-state index contributed by atoms with van der Waals surface area (Å²) < 4.78 is 1.00. The molecule has 1 aliphatic rings. The third-order valence-electron chi connectivity index (χ3n) is 2.98. The number of amides is 1. The van der Waals surface area contributed by atoms with E-state index in [4.69, 9.17) is 5.73 Å². The lowest BCUT2D eigenvalue weighted by Gasteiger charge is -2.21. The van der Waals surface area contributed by atoms with Crippen molar-refractivity contribution >= 4 is 21.8 Å². The molecule has 1 amide bonds. The van der Waals surface area contributed by atoms with Gasteiger partial charge in [0.1, 0.15) is 0 Å². The van der Waals surface area contributed by atoms with Gasteiger partial charge in [0.05, 0.1) is 12.1 Å². The van der Waals surface area contributed by atoms with E-state index >= 15 is 0 Å². The Morgan fingerprint density at radius 2 is 2.35 bits per heavy atom. The minimum atomic E-state index is -0.459. The van der Waals surface area contributed by atoms with Gasteiger partial charge in [-0.05, 0) is 24.1 Å². The van der Waals surface area contributed by atoms with E-state index in [0.717, 1.165) is 10.0 Å². The lowest BCUT2D eigenvalue weighted by molar-refractivity contribution is -0.122. The largest absolute Gasteiger partial charge is 0.392 e.